The van der Waals surface area contributed by atoms with Crippen molar-refractivity contribution < 1.29 is 4.79 Å². The quantitative estimate of drug-likeness (QED) is 0.789. The molecule has 3 aromatic rings. The van der Waals surface area contributed by atoms with E-state index in [-0.39, 0.29) is 11.5 Å². The predicted molar refractivity (Wildman–Crippen MR) is 94.0 cm³/mol. The van der Waals surface area contributed by atoms with Crippen molar-refractivity contribution in [3.8, 4) is 11.3 Å². The second-order valence-corrected chi connectivity index (χ2v) is 5.57. The molecule has 0 aliphatic carbocycles. The Balaban J connectivity index is 1.87. The summed E-state index contributed by atoms with van der Waals surface area (Å²) in [6.45, 7) is 3.45. The van der Waals surface area contributed by atoms with Gasteiger partial charge in [0, 0.05) is 29.7 Å². The summed E-state index contributed by atoms with van der Waals surface area (Å²) in [4.78, 5) is 32.9. The third-order valence-corrected chi connectivity index (χ3v) is 3.67. The highest BCUT2D eigenvalue weighted by atomic mass is 16.2. The number of amides is 1. The summed E-state index contributed by atoms with van der Waals surface area (Å²) >= 11 is 0. The van der Waals surface area contributed by atoms with Gasteiger partial charge in [-0.2, -0.15) is 5.10 Å². The lowest BCUT2D eigenvalue weighted by atomic mass is 10.2. The number of anilines is 1. The van der Waals surface area contributed by atoms with Gasteiger partial charge in [-0.05, 0) is 44.2 Å². The van der Waals surface area contributed by atoms with Crippen LogP contribution < -0.4 is 10.9 Å². The number of nitrogens with one attached hydrogen (secondary N) is 1. The van der Waals surface area contributed by atoms with Crippen LogP contribution in [-0.4, -0.2) is 25.7 Å². The molecule has 7 nitrogen and oxygen atoms in total. The lowest BCUT2D eigenvalue weighted by molar-refractivity contribution is -0.119. The van der Waals surface area contributed by atoms with Crippen molar-refractivity contribution in [1.82, 2.24) is 19.7 Å². The number of rotatable bonds is 4. The number of carbonyl (C=O) groups is 1. The van der Waals surface area contributed by atoms with Crippen LogP contribution in [0, 0.1) is 6.92 Å². The fourth-order valence-corrected chi connectivity index (χ4v) is 2.33. The average Bonchev–Trinajstić information content (AvgIpc) is 2.62. The van der Waals surface area contributed by atoms with E-state index in [2.05, 4.69) is 20.4 Å². The molecule has 3 aromatic heterocycles. The van der Waals surface area contributed by atoms with Gasteiger partial charge in [0.15, 0.2) is 0 Å². The molecule has 0 radical (unpaired) electrons. The number of aryl methyl sites for hydroxylation is 1. The van der Waals surface area contributed by atoms with Crippen LogP contribution >= 0.6 is 0 Å². The number of hydrogen-bond acceptors (Lipinski definition) is 5. The van der Waals surface area contributed by atoms with Crippen LogP contribution in [0.5, 0.6) is 0 Å². The standard InChI is InChI=1S/C18H17N5O2/c1-12-5-3-7-16(20-12)21-18(25)13(2)23-17(24)9-8-15(22-23)14-6-4-10-19-11-14/h3-11,13H,1-2H3,(H,20,21,25). The van der Waals surface area contributed by atoms with Crippen LogP contribution in [0.1, 0.15) is 18.7 Å². The van der Waals surface area contributed by atoms with Gasteiger partial charge in [0.1, 0.15) is 11.9 Å². The number of hydrogen-bond donors (Lipinski definition) is 1. The minimum absolute atomic E-state index is 0.354. The summed E-state index contributed by atoms with van der Waals surface area (Å²) < 4.78 is 1.16. The van der Waals surface area contributed by atoms with Gasteiger partial charge in [0.25, 0.3) is 5.56 Å². The maximum Gasteiger partial charge on any atom is 0.267 e. The van der Waals surface area contributed by atoms with Crippen molar-refractivity contribution in [2.24, 2.45) is 0 Å². The van der Waals surface area contributed by atoms with E-state index in [1.54, 1.807) is 43.6 Å². The number of pyridine rings is 2. The van der Waals surface area contributed by atoms with Gasteiger partial charge < -0.3 is 5.32 Å². The van der Waals surface area contributed by atoms with E-state index in [9.17, 15) is 9.59 Å². The van der Waals surface area contributed by atoms with Crippen molar-refractivity contribution >= 4 is 11.7 Å². The normalized spacial score (nSPS) is 11.8. The number of nitrogens with zero attached hydrogens (tertiary/aromatic N) is 4. The Labute approximate surface area is 144 Å². The molecule has 0 saturated carbocycles. The Morgan fingerprint density at radius 3 is 2.72 bits per heavy atom. The molecule has 0 aromatic carbocycles. The number of carbonyl (C=O) groups excluding carboxylic acids is 1. The molecule has 0 fully saturated rings. The molecule has 1 N–H and O–H groups in total. The van der Waals surface area contributed by atoms with Crippen molar-refractivity contribution in [2.75, 3.05) is 5.32 Å². The third kappa shape index (κ3) is 3.77. The first-order chi connectivity index (χ1) is 12.0. The lowest BCUT2D eigenvalue weighted by Crippen LogP contribution is -2.33. The molecule has 0 aliphatic heterocycles. The highest BCUT2D eigenvalue weighted by molar-refractivity contribution is 5.92. The fourth-order valence-electron chi connectivity index (χ4n) is 2.33. The van der Waals surface area contributed by atoms with E-state index in [1.165, 1.54) is 6.07 Å². The zero-order valence-corrected chi connectivity index (χ0v) is 13.9. The van der Waals surface area contributed by atoms with Crippen LogP contribution in [0.25, 0.3) is 11.3 Å². The van der Waals surface area contributed by atoms with Crippen LogP contribution in [0.3, 0.4) is 0 Å². The highest BCUT2D eigenvalue weighted by Gasteiger charge is 2.18. The molecule has 25 heavy (non-hydrogen) atoms. The largest absolute Gasteiger partial charge is 0.309 e. The van der Waals surface area contributed by atoms with Gasteiger partial charge in [0.2, 0.25) is 5.91 Å². The second-order valence-electron chi connectivity index (χ2n) is 5.57. The Bertz CT molecular complexity index is 953. The van der Waals surface area contributed by atoms with Crippen molar-refractivity contribution in [3.05, 3.63) is 70.9 Å². The Morgan fingerprint density at radius 1 is 1.16 bits per heavy atom. The molecule has 1 atom stereocenters. The maximum absolute atomic E-state index is 12.5. The first-order valence-electron chi connectivity index (χ1n) is 7.79. The Kier molecular flexibility index (Phi) is 4.65. The highest BCUT2D eigenvalue weighted by Crippen LogP contribution is 2.15. The monoisotopic (exact) mass is 335 g/mol. The molecular formula is C18H17N5O2. The number of aromatic nitrogens is 4. The molecule has 0 bridgehead atoms. The molecule has 7 heteroatoms. The second kappa shape index (κ2) is 7.04. The van der Waals surface area contributed by atoms with Gasteiger partial charge in [-0.25, -0.2) is 9.67 Å². The fraction of sp³-hybridized carbons (Fsp3) is 0.167. The Morgan fingerprint density at radius 2 is 2.00 bits per heavy atom. The summed E-state index contributed by atoms with van der Waals surface area (Å²) in [5.41, 5.74) is 1.78. The van der Waals surface area contributed by atoms with Crippen LogP contribution in [0.15, 0.2) is 59.7 Å². The SMILES string of the molecule is Cc1cccc(NC(=O)C(C)n2nc(-c3cccnc3)ccc2=O)n1. The van der Waals surface area contributed by atoms with E-state index in [0.717, 1.165) is 15.9 Å². The average molecular weight is 335 g/mol. The summed E-state index contributed by atoms with van der Waals surface area (Å²) in [6, 6.07) is 11.2. The molecule has 126 valence electrons. The maximum atomic E-state index is 12.5. The molecule has 0 aliphatic rings. The van der Waals surface area contributed by atoms with Crippen LogP contribution in [-0.2, 0) is 4.79 Å². The molecule has 3 rings (SSSR count). The van der Waals surface area contributed by atoms with Crippen LogP contribution in [0.2, 0.25) is 0 Å². The summed E-state index contributed by atoms with van der Waals surface area (Å²) in [5.74, 6) is 0.0735. The summed E-state index contributed by atoms with van der Waals surface area (Å²) in [7, 11) is 0. The minimum atomic E-state index is -0.786. The minimum Gasteiger partial charge on any atom is -0.309 e. The molecule has 1 unspecified atom stereocenters. The van der Waals surface area contributed by atoms with Gasteiger partial charge in [-0.1, -0.05) is 6.07 Å². The first kappa shape index (κ1) is 16.5. The van der Waals surface area contributed by atoms with Gasteiger partial charge in [-0.15, -0.1) is 0 Å². The molecule has 0 saturated heterocycles. The van der Waals surface area contributed by atoms with Crippen molar-refractivity contribution in [2.45, 2.75) is 19.9 Å². The van der Waals surface area contributed by atoms with Gasteiger partial charge in [-0.3, -0.25) is 14.6 Å². The van der Waals surface area contributed by atoms with E-state index >= 15 is 0 Å². The van der Waals surface area contributed by atoms with E-state index in [0.29, 0.717) is 11.5 Å². The molecule has 3 heterocycles. The molecular weight excluding hydrogens is 318 g/mol. The van der Waals surface area contributed by atoms with Crippen molar-refractivity contribution in [1.29, 1.82) is 0 Å². The Hall–Kier alpha value is -3.35. The van der Waals surface area contributed by atoms with Crippen molar-refractivity contribution in [3.63, 3.8) is 0 Å². The van der Waals surface area contributed by atoms with E-state index in [4.69, 9.17) is 0 Å². The first-order valence-corrected chi connectivity index (χ1v) is 7.79. The smallest absolute Gasteiger partial charge is 0.267 e. The predicted octanol–water partition coefficient (Wildman–Crippen LogP) is 2.21. The van der Waals surface area contributed by atoms with E-state index < -0.39 is 6.04 Å². The topological polar surface area (TPSA) is 89.8 Å². The lowest BCUT2D eigenvalue weighted by Gasteiger charge is -2.14. The zero-order valence-electron chi connectivity index (χ0n) is 13.9. The zero-order chi connectivity index (χ0) is 17.8. The summed E-state index contributed by atoms with van der Waals surface area (Å²) in [6.07, 6.45) is 3.31. The van der Waals surface area contributed by atoms with Gasteiger partial charge >= 0.3 is 0 Å². The molecule has 1 amide bonds. The van der Waals surface area contributed by atoms with E-state index in [1.807, 2.05) is 19.1 Å². The summed E-state index contributed by atoms with van der Waals surface area (Å²) in [5, 5.41) is 7.01. The third-order valence-electron chi connectivity index (χ3n) is 3.67. The van der Waals surface area contributed by atoms with Crippen LogP contribution in [0.4, 0.5) is 5.82 Å². The van der Waals surface area contributed by atoms with Gasteiger partial charge in [0.05, 0.1) is 5.69 Å². The molecule has 0 spiro atoms.